The van der Waals surface area contributed by atoms with E-state index in [0.29, 0.717) is 12.5 Å². The minimum Gasteiger partial charge on any atom is -0.313 e. The monoisotopic (exact) mass is 236 g/mol. The largest absolute Gasteiger partial charge is 0.313 e. The quantitative estimate of drug-likeness (QED) is 0.789. The van der Waals surface area contributed by atoms with Crippen LogP contribution >= 0.6 is 0 Å². The smallest absolute Gasteiger partial charge is 0.0621 e. The predicted octanol–water partition coefficient (Wildman–Crippen LogP) is 3.73. The van der Waals surface area contributed by atoms with Crippen LogP contribution in [0.5, 0.6) is 0 Å². The summed E-state index contributed by atoms with van der Waals surface area (Å²) in [6.07, 6.45) is 5.69. The van der Waals surface area contributed by atoms with Crippen molar-refractivity contribution in [3.8, 4) is 6.07 Å². The Labute approximate surface area is 107 Å². The van der Waals surface area contributed by atoms with Crippen LogP contribution in [0.4, 0.5) is 0 Å². The van der Waals surface area contributed by atoms with Gasteiger partial charge in [0.05, 0.1) is 6.07 Å². The van der Waals surface area contributed by atoms with E-state index in [0.717, 1.165) is 24.8 Å². The van der Waals surface area contributed by atoms with Crippen LogP contribution < -0.4 is 5.32 Å². The van der Waals surface area contributed by atoms with Gasteiger partial charge in [-0.25, -0.2) is 0 Å². The van der Waals surface area contributed by atoms with Crippen LogP contribution in [0.25, 0.3) is 0 Å². The van der Waals surface area contributed by atoms with Crippen LogP contribution in [0.15, 0.2) is 0 Å². The van der Waals surface area contributed by atoms with Crippen molar-refractivity contribution in [1.82, 2.24) is 5.32 Å². The van der Waals surface area contributed by atoms with Gasteiger partial charge in [-0.1, -0.05) is 27.7 Å². The highest BCUT2D eigenvalue weighted by Gasteiger charge is 2.25. The lowest BCUT2D eigenvalue weighted by molar-refractivity contribution is 0.213. The highest BCUT2D eigenvalue weighted by atomic mass is 14.9. The molecule has 1 rings (SSSR count). The lowest BCUT2D eigenvalue weighted by Gasteiger charge is -2.34. The maximum absolute atomic E-state index is 8.65. The van der Waals surface area contributed by atoms with E-state index in [1.165, 1.54) is 19.3 Å². The number of nitrogens with zero attached hydrogens (tertiary/aromatic N) is 1. The molecule has 2 atom stereocenters. The van der Waals surface area contributed by atoms with Crippen LogP contribution in [0.1, 0.15) is 59.8 Å². The molecule has 0 heterocycles. The lowest BCUT2D eigenvalue weighted by atomic mass is 9.79. The molecule has 0 saturated heterocycles. The van der Waals surface area contributed by atoms with Gasteiger partial charge in [-0.2, -0.15) is 5.26 Å². The summed E-state index contributed by atoms with van der Waals surface area (Å²) in [5.41, 5.74) is 0.250. The van der Waals surface area contributed by atoms with Crippen LogP contribution in [0, 0.1) is 28.6 Å². The summed E-state index contributed by atoms with van der Waals surface area (Å²) < 4.78 is 0. The number of hydrogen-bond donors (Lipinski definition) is 1. The van der Waals surface area contributed by atoms with Gasteiger partial charge >= 0.3 is 0 Å². The van der Waals surface area contributed by atoms with Crippen molar-refractivity contribution >= 4 is 0 Å². The van der Waals surface area contributed by atoms with Crippen LogP contribution in [-0.4, -0.2) is 12.6 Å². The van der Waals surface area contributed by atoms with Crippen molar-refractivity contribution in [3.05, 3.63) is 0 Å². The fraction of sp³-hybridized carbons (Fsp3) is 0.933. The average Bonchev–Trinajstić information content (AvgIpc) is 2.23. The van der Waals surface area contributed by atoms with Crippen molar-refractivity contribution < 1.29 is 0 Å². The maximum Gasteiger partial charge on any atom is 0.0621 e. The Bertz CT molecular complexity index is 255. The zero-order chi connectivity index (χ0) is 12.9. The summed E-state index contributed by atoms with van der Waals surface area (Å²) >= 11 is 0. The molecule has 1 fully saturated rings. The molecule has 0 aromatic heterocycles. The van der Waals surface area contributed by atoms with Gasteiger partial charge in [-0.05, 0) is 42.9 Å². The third-order valence-electron chi connectivity index (χ3n) is 3.96. The van der Waals surface area contributed by atoms with E-state index in [1.54, 1.807) is 0 Å². The highest BCUT2D eigenvalue weighted by Crippen LogP contribution is 2.29. The van der Waals surface area contributed by atoms with Crippen molar-refractivity contribution in [2.75, 3.05) is 6.54 Å². The minimum absolute atomic E-state index is 0.250. The Morgan fingerprint density at radius 3 is 2.29 bits per heavy atom. The summed E-state index contributed by atoms with van der Waals surface area (Å²) in [6.45, 7) is 10.3. The Morgan fingerprint density at radius 2 is 1.76 bits per heavy atom. The van der Waals surface area contributed by atoms with Gasteiger partial charge in [0.25, 0.3) is 0 Å². The molecule has 0 aromatic rings. The zero-order valence-electron chi connectivity index (χ0n) is 11.9. The summed E-state index contributed by atoms with van der Waals surface area (Å²) in [5.74, 6) is 1.72. The van der Waals surface area contributed by atoms with Crippen molar-refractivity contribution in [1.29, 1.82) is 5.26 Å². The molecule has 2 heteroatoms. The molecule has 17 heavy (non-hydrogen) atoms. The predicted molar refractivity (Wildman–Crippen MR) is 72.6 cm³/mol. The second-order valence-corrected chi connectivity index (χ2v) is 6.82. The molecule has 1 aliphatic carbocycles. The highest BCUT2D eigenvalue weighted by molar-refractivity contribution is 4.84. The van der Waals surface area contributed by atoms with Crippen LogP contribution in [0.3, 0.4) is 0 Å². The molecule has 1 saturated carbocycles. The SMILES string of the molecule is CC1CC(C)CC(NCC(C)(C)CCC#N)C1. The number of nitrogens with one attached hydrogen (secondary N) is 1. The van der Waals surface area contributed by atoms with Gasteiger partial charge in [-0.3, -0.25) is 0 Å². The average molecular weight is 236 g/mol. The molecular weight excluding hydrogens is 208 g/mol. The molecule has 1 N–H and O–H groups in total. The minimum atomic E-state index is 0.250. The topological polar surface area (TPSA) is 35.8 Å². The van der Waals surface area contributed by atoms with Gasteiger partial charge < -0.3 is 5.32 Å². The molecule has 0 spiro atoms. The van der Waals surface area contributed by atoms with Crippen molar-refractivity contribution in [2.45, 2.75) is 65.8 Å². The third kappa shape index (κ3) is 5.55. The summed E-state index contributed by atoms with van der Waals surface area (Å²) in [7, 11) is 0. The van der Waals surface area contributed by atoms with E-state index in [2.05, 4.69) is 39.1 Å². The molecule has 2 unspecified atom stereocenters. The molecule has 2 nitrogen and oxygen atoms in total. The summed E-state index contributed by atoms with van der Waals surface area (Å²) in [6, 6.07) is 2.94. The first kappa shape index (κ1) is 14.5. The molecule has 0 aromatic carbocycles. The molecule has 0 amide bonds. The molecule has 0 radical (unpaired) electrons. The molecular formula is C15H28N2. The lowest BCUT2D eigenvalue weighted by Crippen LogP contribution is -2.41. The first-order chi connectivity index (χ1) is 7.93. The van der Waals surface area contributed by atoms with E-state index in [1.807, 2.05) is 0 Å². The second-order valence-electron chi connectivity index (χ2n) is 6.82. The Kier molecular flexibility index (Phi) is 5.46. The first-order valence-electron chi connectivity index (χ1n) is 7.03. The normalized spacial score (nSPS) is 29.9. The summed E-state index contributed by atoms with van der Waals surface area (Å²) in [4.78, 5) is 0. The van der Waals surface area contributed by atoms with Gasteiger partial charge in [0, 0.05) is 19.0 Å². The Morgan fingerprint density at radius 1 is 1.18 bits per heavy atom. The standard InChI is InChI=1S/C15H28N2/c1-12-8-13(2)10-14(9-12)17-11-15(3,4)6-5-7-16/h12-14,17H,5-6,8-11H2,1-4H3. The van der Waals surface area contributed by atoms with Gasteiger partial charge in [0.2, 0.25) is 0 Å². The fourth-order valence-corrected chi connectivity index (χ4v) is 3.02. The van der Waals surface area contributed by atoms with E-state index in [9.17, 15) is 0 Å². The van der Waals surface area contributed by atoms with Gasteiger partial charge in [-0.15, -0.1) is 0 Å². The van der Waals surface area contributed by atoms with E-state index >= 15 is 0 Å². The number of hydrogen-bond acceptors (Lipinski definition) is 2. The maximum atomic E-state index is 8.65. The van der Waals surface area contributed by atoms with Gasteiger partial charge in [0.1, 0.15) is 0 Å². The zero-order valence-corrected chi connectivity index (χ0v) is 11.9. The molecule has 1 aliphatic rings. The molecule has 98 valence electrons. The Balaban J connectivity index is 2.32. The van der Waals surface area contributed by atoms with Crippen LogP contribution in [-0.2, 0) is 0 Å². The third-order valence-corrected chi connectivity index (χ3v) is 3.96. The first-order valence-corrected chi connectivity index (χ1v) is 7.03. The molecule has 0 bridgehead atoms. The number of nitriles is 1. The van der Waals surface area contributed by atoms with Crippen LogP contribution in [0.2, 0.25) is 0 Å². The van der Waals surface area contributed by atoms with Crippen molar-refractivity contribution in [2.24, 2.45) is 17.3 Å². The number of rotatable bonds is 5. The Hall–Kier alpha value is -0.550. The van der Waals surface area contributed by atoms with E-state index < -0.39 is 0 Å². The second kappa shape index (κ2) is 6.40. The van der Waals surface area contributed by atoms with E-state index in [4.69, 9.17) is 5.26 Å². The summed E-state index contributed by atoms with van der Waals surface area (Å²) in [5, 5.41) is 12.4. The molecule has 0 aliphatic heterocycles. The van der Waals surface area contributed by atoms with Crippen molar-refractivity contribution in [3.63, 3.8) is 0 Å². The van der Waals surface area contributed by atoms with Gasteiger partial charge in [0.15, 0.2) is 0 Å². The van der Waals surface area contributed by atoms with E-state index in [-0.39, 0.29) is 5.41 Å². The fourth-order valence-electron chi connectivity index (χ4n) is 3.02.